The van der Waals surface area contributed by atoms with Gasteiger partial charge in [-0.05, 0) is 43.8 Å². The third-order valence-electron chi connectivity index (χ3n) is 3.91. The summed E-state index contributed by atoms with van der Waals surface area (Å²) in [6.45, 7) is 3.33. The average Bonchev–Trinajstić information content (AvgIpc) is 2.61. The van der Waals surface area contributed by atoms with E-state index in [1.54, 1.807) is 0 Å². The van der Waals surface area contributed by atoms with E-state index in [0.717, 1.165) is 6.54 Å². The number of guanidine groups is 1. The summed E-state index contributed by atoms with van der Waals surface area (Å²) in [5.41, 5.74) is 7.59. The van der Waals surface area contributed by atoms with E-state index < -0.39 is 6.36 Å². The number of ether oxygens (including phenoxy) is 1. The largest absolute Gasteiger partial charge is 0.573 e. The second-order valence-corrected chi connectivity index (χ2v) is 6.17. The van der Waals surface area contributed by atoms with Crippen molar-refractivity contribution >= 4 is 35.6 Å². The molecule has 28 heavy (non-hydrogen) atoms. The zero-order valence-electron chi connectivity index (χ0n) is 15.6. The van der Waals surface area contributed by atoms with Crippen molar-refractivity contribution in [1.82, 2.24) is 4.90 Å². The number of nitrogens with two attached hydrogens (primary N) is 1. The Labute approximate surface area is 179 Å². The van der Waals surface area contributed by atoms with Gasteiger partial charge in [0.15, 0.2) is 5.96 Å². The SMILES string of the molecule is CC(CN=C(N)Nc1ccc(OC(F)(F)F)cc1)N(C)Cc1ccccc1.I. The fourth-order valence-corrected chi connectivity index (χ4v) is 2.32. The highest BCUT2D eigenvalue weighted by Gasteiger charge is 2.30. The monoisotopic (exact) mass is 508 g/mol. The van der Waals surface area contributed by atoms with Crippen LogP contribution in [0.5, 0.6) is 5.75 Å². The maximum atomic E-state index is 12.1. The third-order valence-corrected chi connectivity index (χ3v) is 3.91. The van der Waals surface area contributed by atoms with Gasteiger partial charge in [0.05, 0.1) is 6.54 Å². The average molecular weight is 508 g/mol. The lowest BCUT2D eigenvalue weighted by molar-refractivity contribution is -0.274. The van der Waals surface area contributed by atoms with Crippen LogP contribution in [0.15, 0.2) is 59.6 Å². The van der Waals surface area contributed by atoms with Crippen molar-refractivity contribution < 1.29 is 17.9 Å². The fourth-order valence-electron chi connectivity index (χ4n) is 2.32. The van der Waals surface area contributed by atoms with Gasteiger partial charge in [-0.15, -0.1) is 37.1 Å². The van der Waals surface area contributed by atoms with Gasteiger partial charge in [-0.2, -0.15) is 0 Å². The van der Waals surface area contributed by atoms with Crippen molar-refractivity contribution in [3.05, 3.63) is 60.2 Å². The summed E-state index contributed by atoms with van der Waals surface area (Å²) in [5.74, 6) is -0.0980. The minimum absolute atomic E-state index is 0. The lowest BCUT2D eigenvalue weighted by atomic mass is 10.2. The Balaban J connectivity index is 0.00000392. The molecule has 1 unspecified atom stereocenters. The van der Waals surface area contributed by atoms with E-state index in [4.69, 9.17) is 5.73 Å². The van der Waals surface area contributed by atoms with Crippen LogP contribution in [0.25, 0.3) is 0 Å². The molecule has 0 heterocycles. The number of likely N-dealkylation sites (N-methyl/N-ethyl adjacent to an activating group) is 1. The molecular weight excluding hydrogens is 484 g/mol. The van der Waals surface area contributed by atoms with Gasteiger partial charge in [0.1, 0.15) is 5.75 Å². The van der Waals surface area contributed by atoms with Crippen LogP contribution in [0.2, 0.25) is 0 Å². The number of nitrogens with zero attached hydrogens (tertiary/aromatic N) is 2. The molecule has 0 spiro atoms. The number of anilines is 1. The van der Waals surface area contributed by atoms with Crippen LogP contribution in [0.3, 0.4) is 0 Å². The molecule has 1 atom stereocenters. The Morgan fingerprint density at radius 3 is 2.32 bits per heavy atom. The number of rotatable bonds is 7. The van der Waals surface area contributed by atoms with Gasteiger partial charge in [-0.25, -0.2) is 0 Å². The third kappa shape index (κ3) is 8.79. The van der Waals surface area contributed by atoms with E-state index in [2.05, 4.69) is 32.1 Å². The van der Waals surface area contributed by atoms with Crippen molar-refractivity contribution in [2.75, 3.05) is 18.9 Å². The number of aliphatic imine (C=N–C) groups is 1. The molecule has 2 aromatic rings. The van der Waals surface area contributed by atoms with Crippen LogP contribution < -0.4 is 15.8 Å². The van der Waals surface area contributed by atoms with Crippen molar-refractivity contribution in [3.63, 3.8) is 0 Å². The predicted molar refractivity (Wildman–Crippen MR) is 116 cm³/mol. The number of nitrogens with one attached hydrogen (secondary N) is 1. The fraction of sp³-hybridized carbons (Fsp3) is 0.316. The summed E-state index contributed by atoms with van der Waals surface area (Å²) in [4.78, 5) is 6.46. The molecule has 2 aromatic carbocycles. The zero-order chi connectivity index (χ0) is 19.9. The number of benzene rings is 2. The summed E-state index contributed by atoms with van der Waals surface area (Å²) >= 11 is 0. The van der Waals surface area contributed by atoms with Crippen LogP contribution in [0.4, 0.5) is 18.9 Å². The molecule has 0 aliphatic carbocycles. The Kier molecular flexibility index (Phi) is 9.53. The van der Waals surface area contributed by atoms with E-state index in [1.165, 1.54) is 29.8 Å². The molecule has 2 rings (SSSR count). The molecular formula is C19H24F3IN4O. The minimum atomic E-state index is -4.71. The minimum Gasteiger partial charge on any atom is -0.406 e. The van der Waals surface area contributed by atoms with E-state index in [1.807, 2.05) is 32.2 Å². The molecule has 0 fully saturated rings. The first kappa shape index (κ1) is 24.0. The number of halogens is 4. The standard InChI is InChI=1S/C19H23F3N4O.HI/c1-14(26(2)13-15-6-4-3-5-7-15)12-24-18(23)25-16-8-10-17(11-9-16)27-19(20,21)22;/h3-11,14H,12-13H2,1-2H3,(H3,23,24,25);1H. The summed E-state index contributed by atoms with van der Waals surface area (Å²) in [7, 11) is 2.01. The highest BCUT2D eigenvalue weighted by molar-refractivity contribution is 14.0. The molecule has 0 saturated carbocycles. The van der Waals surface area contributed by atoms with E-state index in [9.17, 15) is 13.2 Å². The van der Waals surface area contributed by atoms with Crippen molar-refractivity contribution in [2.24, 2.45) is 10.7 Å². The first-order valence-corrected chi connectivity index (χ1v) is 8.40. The predicted octanol–water partition coefficient (Wildman–Crippen LogP) is 4.45. The van der Waals surface area contributed by atoms with Crippen molar-refractivity contribution in [1.29, 1.82) is 0 Å². The molecule has 154 valence electrons. The van der Waals surface area contributed by atoms with Gasteiger partial charge in [0, 0.05) is 18.3 Å². The summed E-state index contributed by atoms with van der Waals surface area (Å²) in [5, 5.41) is 2.85. The van der Waals surface area contributed by atoms with Crippen molar-refractivity contribution in [3.8, 4) is 5.75 Å². The maximum Gasteiger partial charge on any atom is 0.573 e. The molecule has 0 amide bonds. The molecule has 5 nitrogen and oxygen atoms in total. The molecule has 3 N–H and O–H groups in total. The molecule has 0 saturated heterocycles. The van der Waals surface area contributed by atoms with Crippen LogP contribution in [0, 0.1) is 0 Å². The second kappa shape index (κ2) is 11.1. The first-order chi connectivity index (χ1) is 12.7. The Morgan fingerprint density at radius 1 is 1.14 bits per heavy atom. The van der Waals surface area contributed by atoms with E-state index in [0.29, 0.717) is 12.2 Å². The van der Waals surface area contributed by atoms with Crippen LogP contribution in [-0.2, 0) is 6.54 Å². The summed E-state index contributed by atoms with van der Waals surface area (Å²) in [6.07, 6.45) is -4.71. The molecule has 0 aliphatic heterocycles. The van der Waals surface area contributed by atoms with E-state index >= 15 is 0 Å². The smallest absolute Gasteiger partial charge is 0.406 e. The van der Waals surface area contributed by atoms with Crippen LogP contribution >= 0.6 is 24.0 Å². The number of alkyl halides is 3. The van der Waals surface area contributed by atoms with Gasteiger partial charge in [0.25, 0.3) is 0 Å². The maximum absolute atomic E-state index is 12.1. The van der Waals surface area contributed by atoms with Crippen LogP contribution in [0.1, 0.15) is 12.5 Å². The first-order valence-electron chi connectivity index (χ1n) is 8.40. The Morgan fingerprint density at radius 2 is 1.75 bits per heavy atom. The van der Waals surface area contributed by atoms with Gasteiger partial charge >= 0.3 is 6.36 Å². The molecule has 0 aliphatic rings. The Hall–Kier alpha value is -2.01. The zero-order valence-corrected chi connectivity index (χ0v) is 17.9. The Bertz CT molecular complexity index is 739. The number of hydrogen-bond donors (Lipinski definition) is 2. The van der Waals surface area contributed by atoms with E-state index in [-0.39, 0.29) is 41.7 Å². The highest BCUT2D eigenvalue weighted by Crippen LogP contribution is 2.23. The van der Waals surface area contributed by atoms with Gasteiger partial charge in [0.2, 0.25) is 0 Å². The number of hydrogen-bond acceptors (Lipinski definition) is 3. The van der Waals surface area contributed by atoms with Gasteiger partial charge in [-0.1, -0.05) is 30.3 Å². The van der Waals surface area contributed by atoms with Crippen molar-refractivity contribution in [2.45, 2.75) is 25.9 Å². The summed E-state index contributed by atoms with van der Waals surface area (Å²) in [6, 6.07) is 15.6. The molecule has 0 bridgehead atoms. The quantitative estimate of drug-likeness (QED) is 0.330. The molecule has 9 heteroatoms. The summed E-state index contributed by atoms with van der Waals surface area (Å²) < 4.78 is 40.3. The lowest BCUT2D eigenvalue weighted by Gasteiger charge is -2.23. The second-order valence-electron chi connectivity index (χ2n) is 6.17. The van der Waals surface area contributed by atoms with Gasteiger partial charge in [-0.3, -0.25) is 9.89 Å². The highest BCUT2D eigenvalue weighted by atomic mass is 127. The van der Waals surface area contributed by atoms with Gasteiger partial charge < -0.3 is 15.8 Å². The lowest BCUT2D eigenvalue weighted by Crippen LogP contribution is -2.32. The normalized spacial score (nSPS) is 13.0. The topological polar surface area (TPSA) is 62.9 Å². The molecule has 0 aromatic heterocycles. The molecule has 0 radical (unpaired) electrons. The van der Waals surface area contributed by atoms with Crippen LogP contribution in [-0.4, -0.2) is 36.9 Å².